The third-order valence-electron chi connectivity index (χ3n) is 6.14. The van der Waals surface area contributed by atoms with Gasteiger partial charge in [-0.3, -0.25) is 9.59 Å². The van der Waals surface area contributed by atoms with Crippen molar-refractivity contribution in [2.45, 2.75) is 57.2 Å². The monoisotopic (exact) mass is 341 g/mol. The van der Waals surface area contributed by atoms with Crippen LogP contribution >= 0.6 is 0 Å². The van der Waals surface area contributed by atoms with E-state index in [-0.39, 0.29) is 17.7 Å². The standard InChI is InChI=1S/C20H27N3O2/c1-12-8-18(12)19(24)22-14-5-3-4-13(9-14)20(25)23(2)17-10-15-6-7-16(11-17)21-15/h3-5,9,12,15-18,21H,6-8,10-11H2,1-2H3,(H,22,24). The number of piperidine rings is 1. The van der Waals surface area contributed by atoms with Gasteiger partial charge in [0.2, 0.25) is 5.91 Å². The highest BCUT2D eigenvalue weighted by Gasteiger charge is 2.39. The number of hydrogen-bond donors (Lipinski definition) is 2. The molecule has 1 aliphatic carbocycles. The summed E-state index contributed by atoms with van der Waals surface area (Å²) >= 11 is 0. The number of nitrogens with one attached hydrogen (secondary N) is 2. The number of fused-ring (bicyclic) bond motifs is 2. The van der Waals surface area contributed by atoms with Crippen molar-refractivity contribution in [2.75, 3.05) is 12.4 Å². The average molecular weight is 341 g/mol. The first kappa shape index (κ1) is 16.6. The summed E-state index contributed by atoms with van der Waals surface area (Å²) in [6, 6.07) is 8.77. The first-order chi connectivity index (χ1) is 12.0. The molecule has 2 aliphatic heterocycles. The zero-order valence-electron chi connectivity index (χ0n) is 15.0. The maximum atomic E-state index is 12.9. The molecule has 5 nitrogen and oxygen atoms in total. The highest BCUT2D eigenvalue weighted by Crippen LogP contribution is 2.38. The minimum Gasteiger partial charge on any atom is -0.339 e. The Morgan fingerprint density at radius 3 is 2.48 bits per heavy atom. The molecule has 4 rings (SSSR count). The lowest BCUT2D eigenvalue weighted by Gasteiger charge is -2.35. The van der Waals surface area contributed by atoms with Crippen LogP contribution in [0.15, 0.2) is 24.3 Å². The number of nitrogens with zero attached hydrogens (tertiary/aromatic N) is 1. The molecule has 25 heavy (non-hydrogen) atoms. The van der Waals surface area contributed by atoms with Crippen molar-refractivity contribution in [3.05, 3.63) is 29.8 Å². The number of benzene rings is 1. The van der Waals surface area contributed by atoms with E-state index >= 15 is 0 Å². The largest absolute Gasteiger partial charge is 0.339 e. The average Bonchev–Trinajstić information content (AvgIpc) is 3.26. The molecule has 2 N–H and O–H groups in total. The predicted octanol–water partition coefficient (Wildman–Crippen LogP) is 2.64. The zero-order valence-corrected chi connectivity index (χ0v) is 15.0. The molecule has 2 amide bonds. The van der Waals surface area contributed by atoms with Crippen LogP contribution in [0.5, 0.6) is 0 Å². The molecule has 3 fully saturated rings. The van der Waals surface area contributed by atoms with Gasteiger partial charge < -0.3 is 15.5 Å². The molecule has 0 spiro atoms. The van der Waals surface area contributed by atoms with Gasteiger partial charge in [0, 0.05) is 42.3 Å². The maximum Gasteiger partial charge on any atom is 0.253 e. The zero-order chi connectivity index (χ0) is 17.6. The summed E-state index contributed by atoms with van der Waals surface area (Å²) in [5.41, 5.74) is 1.36. The van der Waals surface area contributed by atoms with Gasteiger partial charge in [-0.1, -0.05) is 13.0 Å². The number of carbonyl (C=O) groups excluding carboxylic acids is 2. The molecular weight excluding hydrogens is 314 g/mol. The van der Waals surface area contributed by atoms with Gasteiger partial charge in [0.25, 0.3) is 5.91 Å². The summed E-state index contributed by atoms with van der Waals surface area (Å²) in [6.07, 6.45) is 5.49. The molecular formula is C20H27N3O2. The summed E-state index contributed by atoms with van der Waals surface area (Å²) in [5, 5.41) is 6.57. The molecule has 3 aliphatic rings. The molecule has 0 radical (unpaired) electrons. The van der Waals surface area contributed by atoms with E-state index in [0.717, 1.165) is 19.3 Å². The van der Waals surface area contributed by atoms with Crippen molar-refractivity contribution in [1.82, 2.24) is 10.2 Å². The van der Waals surface area contributed by atoms with Crippen LogP contribution in [0.4, 0.5) is 5.69 Å². The van der Waals surface area contributed by atoms with Crippen molar-refractivity contribution < 1.29 is 9.59 Å². The van der Waals surface area contributed by atoms with Crippen LogP contribution in [0.25, 0.3) is 0 Å². The fraction of sp³-hybridized carbons (Fsp3) is 0.600. The van der Waals surface area contributed by atoms with Crippen LogP contribution in [0.3, 0.4) is 0 Å². The lowest BCUT2D eigenvalue weighted by atomic mass is 9.98. The van der Waals surface area contributed by atoms with Crippen molar-refractivity contribution in [3.63, 3.8) is 0 Å². The summed E-state index contributed by atoms with van der Waals surface area (Å²) in [4.78, 5) is 26.9. The lowest BCUT2D eigenvalue weighted by Crippen LogP contribution is -2.48. The Kier molecular flexibility index (Phi) is 4.28. The Morgan fingerprint density at radius 2 is 1.84 bits per heavy atom. The SMILES string of the molecule is CC1CC1C(=O)Nc1cccc(C(=O)N(C)C2CC3CCC(C2)N3)c1. The van der Waals surface area contributed by atoms with E-state index in [1.165, 1.54) is 12.8 Å². The van der Waals surface area contributed by atoms with E-state index in [2.05, 4.69) is 17.6 Å². The molecule has 1 aromatic carbocycles. The molecule has 4 unspecified atom stereocenters. The number of amides is 2. The van der Waals surface area contributed by atoms with Gasteiger partial charge in [-0.2, -0.15) is 0 Å². The van der Waals surface area contributed by atoms with Gasteiger partial charge in [0.05, 0.1) is 0 Å². The second-order valence-electron chi connectivity index (χ2n) is 8.07. The van der Waals surface area contributed by atoms with Crippen LogP contribution in [-0.4, -0.2) is 41.9 Å². The van der Waals surface area contributed by atoms with Crippen LogP contribution in [0.2, 0.25) is 0 Å². The summed E-state index contributed by atoms with van der Waals surface area (Å²) in [5.74, 6) is 0.723. The lowest BCUT2D eigenvalue weighted by molar-refractivity contribution is -0.117. The number of anilines is 1. The van der Waals surface area contributed by atoms with Gasteiger partial charge in [-0.25, -0.2) is 0 Å². The van der Waals surface area contributed by atoms with Gasteiger partial charge in [-0.05, 0) is 56.2 Å². The topological polar surface area (TPSA) is 61.4 Å². The van der Waals surface area contributed by atoms with E-state index < -0.39 is 0 Å². The minimum absolute atomic E-state index is 0.0437. The third kappa shape index (κ3) is 3.43. The molecule has 2 bridgehead atoms. The number of rotatable bonds is 4. The first-order valence-electron chi connectivity index (χ1n) is 9.45. The Hall–Kier alpha value is -1.88. The molecule has 2 heterocycles. The van der Waals surface area contributed by atoms with E-state index in [1.807, 2.05) is 30.1 Å². The molecule has 2 saturated heterocycles. The van der Waals surface area contributed by atoms with Gasteiger partial charge >= 0.3 is 0 Å². The first-order valence-corrected chi connectivity index (χ1v) is 9.45. The normalized spacial score (nSPS) is 33.0. The molecule has 4 atom stereocenters. The Balaban J connectivity index is 1.42. The smallest absolute Gasteiger partial charge is 0.253 e. The van der Waals surface area contributed by atoms with Crippen molar-refractivity contribution in [2.24, 2.45) is 11.8 Å². The quantitative estimate of drug-likeness (QED) is 0.885. The van der Waals surface area contributed by atoms with Gasteiger partial charge in [0.1, 0.15) is 0 Å². The Morgan fingerprint density at radius 1 is 1.16 bits per heavy atom. The highest BCUT2D eigenvalue weighted by molar-refractivity contribution is 5.98. The molecule has 134 valence electrons. The summed E-state index contributed by atoms with van der Waals surface area (Å²) in [6.45, 7) is 2.09. The van der Waals surface area contributed by atoms with Gasteiger partial charge in [-0.15, -0.1) is 0 Å². The van der Waals surface area contributed by atoms with Crippen LogP contribution < -0.4 is 10.6 Å². The molecule has 0 aromatic heterocycles. The third-order valence-corrected chi connectivity index (χ3v) is 6.14. The van der Waals surface area contributed by atoms with Crippen molar-refractivity contribution in [1.29, 1.82) is 0 Å². The predicted molar refractivity (Wildman–Crippen MR) is 97.4 cm³/mol. The maximum absolute atomic E-state index is 12.9. The van der Waals surface area contributed by atoms with Crippen LogP contribution in [-0.2, 0) is 4.79 Å². The molecule has 1 aromatic rings. The van der Waals surface area contributed by atoms with E-state index in [0.29, 0.717) is 35.3 Å². The summed E-state index contributed by atoms with van der Waals surface area (Å²) in [7, 11) is 1.91. The fourth-order valence-corrected chi connectivity index (χ4v) is 4.37. The summed E-state index contributed by atoms with van der Waals surface area (Å²) < 4.78 is 0. The second-order valence-corrected chi connectivity index (χ2v) is 8.07. The number of carbonyl (C=O) groups is 2. The fourth-order valence-electron chi connectivity index (χ4n) is 4.37. The molecule has 5 heteroatoms. The Bertz CT molecular complexity index is 677. The number of hydrogen-bond acceptors (Lipinski definition) is 3. The second kappa shape index (κ2) is 6.45. The van der Waals surface area contributed by atoms with E-state index in [4.69, 9.17) is 0 Å². The highest BCUT2D eigenvalue weighted by atomic mass is 16.2. The molecule has 1 saturated carbocycles. The van der Waals surface area contributed by atoms with E-state index in [1.54, 1.807) is 6.07 Å². The van der Waals surface area contributed by atoms with Crippen LogP contribution in [0.1, 0.15) is 49.4 Å². The van der Waals surface area contributed by atoms with Crippen molar-refractivity contribution in [3.8, 4) is 0 Å². The van der Waals surface area contributed by atoms with Crippen molar-refractivity contribution >= 4 is 17.5 Å². The minimum atomic E-state index is 0.0437. The van der Waals surface area contributed by atoms with Crippen LogP contribution in [0, 0.1) is 11.8 Å². The Labute approximate surface area is 149 Å². The van der Waals surface area contributed by atoms with Gasteiger partial charge in [0.15, 0.2) is 0 Å². The van der Waals surface area contributed by atoms with E-state index in [9.17, 15) is 9.59 Å².